The van der Waals surface area contributed by atoms with Gasteiger partial charge in [-0.3, -0.25) is 4.79 Å². The van der Waals surface area contributed by atoms with Crippen LogP contribution in [0.2, 0.25) is 0 Å². The van der Waals surface area contributed by atoms with Crippen LogP contribution in [0.5, 0.6) is 11.5 Å². The van der Waals surface area contributed by atoms with Crippen molar-refractivity contribution in [1.29, 1.82) is 0 Å². The quantitative estimate of drug-likeness (QED) is 0.692. The maximum Gasteiger partial charge on any atom is 0.231 e. The first-order valence-electron chi connectivity index (χ1n) is 9.99. The van der Waals surface area contributed by atoms with Gasteiger partial charge in [0.2, 0.25) is 12.7 Å². The molecule has 1 aromatic carbocycles. The molecule has 2 aliphatic rings. The molecule has 0 radical (unpaired) electrons. The number of fused-ring (bicyclic) bond motifs is 1. The van der Waals surface area contributed by atoms with Gasteiger partial charge in [0.25, 0.3) is 0 Å². The van der Waals surface area contributed by atoms with Gasteiger partial charge in [-0.1, -0.05) is 6.07 Å². The highest BCUT2D eigenvalue weighted by Gasteiger charge is 2.27. The summed E-state index contributed by atoms with van der Waals surface area (Å²) >= 11 is 0. The Morgan fingerprint density at radius 3 is 2.97 bits per heavy atom. The first-order valence-corrected chi connectivity index (χ1v) is 9.99. The third kappa shape index (κ3) is 3.78. The SMILES string of the molecule is O=C(NCc1ccc2c(c1)OCO2)C1CCCN(c2cc(-n3cccn3)ncn2)C1. The molecule has 1 amide bonds. The van der Waals surface area contributed by atoms with Crippen molar-refractivity contribution in [2.45, 2.75) is 19.4 Å². The third-order valence-electron chi connectivity index (χ3n) is 5.40. The molecule has 3 aromatic rings. The monoisotopic (exact) mass is 406 g/mol. The Balaban J connectivity index is 1.22. The van der Waals surface area contributed by atoms with Gasteiger partial charge in [-0.2, -0.15) is 5.10 Å². The Labute approximate surface area is 173 Å². The van der Waals surface area contributed by atoms with Crippen LogP contribution in [0.25, 0.3) is 5.82 Å². The van der Waals surface area contributed by atoms with E-state index < -0.39 is 0 Å². The van der Waals surface area contributed by atoms with E-state index in [1.165, 1.54) is 6.33 Å². The molecule has 0 aliphatic carbocycles. The molecule has 9 heteroatoms. The van der Waals surface area contributed by atoms with Crippen molar-refractivity contribution in [2.75, 3.05) is 24.8 Å². The van der Waals surface area contributed by atoms with E-state index in [0.29, 0.717) is 18.9 Å². The lowest BCUT2D eigenvalue weighted by atomic mass is 9.97. The zero-order chi connectivity index (χ0) is 20.3. The summed E-state index contributed by atoms with van der Waals surface area (Å²) in [6, 6.07) is 9.48. The molecule has 4 heterocycles. The maximum absolute atomic E-state index is 12.8. The lowest BCUT2D eigenvalue weighted by Gasteiger charge is -2.32. The van der Waals surface area contributed by atoms with Gasteiger partial charge in [0.1, 0.15) is 12.1 Å². The molecule has 1 N–H and O–H groups in total. The van der Waals surface area contributed by atoms with Crippen LogP contribution >= 0.6 is 0 Å². The van der Waals surface area contributed by atoms with Gasteiger partial charge in [0.05, 0.1) is 5.92 Å². The van der Waals surface area contributed by atoms with Crippen LogP contribution in [-0.4, -0.2) is 45.5 Å². The summed E-state index contributed by atoms with van der Waals surface area (Å²) in [4.78, 5) is 23.6. The molecule has 1 fully saturated rings. The molecule has 5 rings (SSSR count). The number of nitrogens with one attached hydrogen (secondary N) is 1. The molecule has 2 aliphatic heterocycles. The average molecular weight is 406 g/mol. The molecule has 1 unspecified atom stereocenters. The highest BCUT2D eigenvalue weighted by atomic mass is 16.7. The molecule has 1 atom stereocenters. The molecule has 9 nitrogen and oxygen atoms in total. The fourth-order valence-corrected chi connectivity index (χ4v) is 3.82. The number of nitrogens with zero attached hydrogens (tertiary/aromatic N) is 5. The molecular weight excluding hydrogens is 384 g/mol. The minimum absolute atomic E-state index is 0.0544. The Morgan fingerprint density at radius 2 is 2.07 bits per heavy atom. The second-order valence-corrected chi connectivity index (χ2v) is 7.38. The maximum atomic E-state index is 12.8. The Bertz CT molecular complexity index is 1040. The Hall–Kier alpha value is -3.62. The first kappa shape index (κ1) is 18.4. The van der Waals surface area contributed by atoms with Crippen LogP contribution in [0.4, 0.5) is 5.82 Å². The predicted octanol–water partition coefficient (Wildman–Crippen LogP) is 1.92. The van der Waals surface area contributed by atoms with E-state index in [4.69, 9.17) is 9.47 Å². The third-order valence-corrected chi connectivity index (χ3v) is 5.40. The minimum atomic E-state index is -0.0871. The number of hydrogen-bond acceptors (Lipinski definition) is 7. The van der Waals surface area contributed by atoms with Crippen molar-refractivity contribution in [3.63, 3.8) is 0 Å². The number of aromatic nitrogens is 4. The van der Waals surface area contributed by atoms with Crippen molar-refractivity contribution in [3.05, 3.63) is 54.6 Å². The van der Waals surface area contributed by atoms with E-state index in [1.54, 1.807) is 10.9 Å². The Kier molecular flexibility index (Phi) is 4.92. The zero-order valence-corrected chi connectivity index (χ0v) is 16.4. The van der Waals surface area contributed by atoms with Gasteiger partial charge in [-0.25, -0.2) is 14.6 Å². The average Bonchev–Trinajstić information content (AvgIpc) is 3.49. The molecule has 0 bridgehead atoms. The number of anilines is 1. The molecule has 0 spiro atoms. The molecule has 1 saturated heterocycles. The standard InChI is InChI=1S/C21H22N6O3/c28-21(22-11-15-4-5-17-18(9-15)30-14-29-17)16-3-1-7-26(12-16)19-10-20(24-13-23-19)27-8-2-6-25-27/h2,4-6,8-10,13,16H,1,3,7,11-12,14H2,(H,22,28). The summed E-state index contributed by atoms with van der Waals surface area (Å²) in [6.45, 7) is 2.20. The summed E-state index contributed by atoms with van der Waals surface area (Å²) in [7, 11) is 0. The van der Waals surface area contributed by atoms with Crippen LogP contribution < -0.4 is 19.7 Å². The second-order valence-electron chi connectivity index (χ2n) is 7.38. The lowest BCUT2D eigenvalue weighted by molar-refractivity contribution is -0.125. The number of amides is 1. The lowest BCUT2D eigenvalue weighted by Crippen LogP contribution is -2.43. The normalized spacial score (nSPS) is 17.7. The molecule has 0 saturated carbocycles. The number of rotatable bonds is 5. The minimum Gasteiger partial charge on any atom is -0.454 e. The van der Waals surface area contributed by atoms with Gasteiger partial charge >= 0.3 is 0 Å². The van der Waals surface area contributed by atoms with Gasteiger partial charge in [0, 0.05) is 38.1 Å². The van der Waals surface area contributed by atoms with Crippen LogP contribution in [0.1, 0.15) is 18.4 Å². The van der Waals surface area contributed by atoms with Gasteiger partial charge in [-0.05, 0) is 36.6 Å². The van der Waals surface area contributed by atoms with Crippen LogP contribution in [0.15, 0.2) is 49.1 Å². The number of carbonyl (C=O) groups excluding carboxylic acids is 1. The fraction of sp³-hybridized carbons (Fsp3) is 0.333. The van der Waals surface area contributed by atoms with Crippen molar-refractivity contribution in [3.8, 4) is 17.3 Å². The van der Waals surface area contributed by atoms with E-state index in [0.717, 1.165) is 42.3 Å². The van der Waals surface area contributed by atoms with Crippen molar-refractivity contribution >= 4 is 11.7 Å². The first-order chi connectivity index (χ1) is 14.8. The summed E-state index contributed by atoms with van der Waals surface area (Å²) < 4.78 is 12.4. The molecule has 30 heavy (non-hydrogen) atoms. The smallest absolute Gasteiger partial charge is 0.231 e. The van der Waals surface area contributed by atoms with E-state index in [2.05, 4.69) is 25.3 Å². The highest BCUT2D eigenvalue weighted by molar-refractivity contribution is 5.79. The number of hydrogen-bond donors (Lipinski definition) is 1. The van der Waals surface area contributed by atoms with E-state index >= 15 is 0 Å². The van der Waals surface area contributed by atoms with E-state index in [9.17, 15) is 4.79 Å². The topological polar surface area (TPSA) is 94.4 Å². The van der Waals surface area contributed by atoms with Crippen LogP contribution in [0.3, 0.4) is 0 Å². The van der Waals surface area contributed by atoms with Crippen molar-refractivity contribution in [2.24, 2.45) is 5.92 Å². The highest BCUT2D eigenvalue weighted by Crippen LogP contribution is 2.32. The van der Waals surface area contributed by atoms with Gasteiger partial charge in [-0.15, -0.1) is 0 Å². The summed E-state index contributed by atoms with van der Waals surface area (Å²) in [5.74, 6) is 2.95. The van der Waals surface area contributed by atoms with E-state index in [-0.39, 0.29) is 18.6 Å². The zero-order valence-electron chi connectivity index (χ0n) is 16.4. The number of ether oxygens (including phenoxy) is 2. The fourth-order valence-electron chi connectivity index (χ4n) is 3.82. The largest absolute Gasteiger partial charge is 0.454 e. The molecular formula is C21H22N6O3. The van der Waals surface area contributed by atoms with Crippen molar-refractivity contribution < 1.29 is 14.3 Å². The molecule has 154 valence electrons. The van der Waals surface area contributed by atoms with Crippen LogP contribution in [0, 0.1) is 5.92 Å². The second kappa shape index (κ2) is 8.02. The van der Waals surface area contributed by atoms with Crippen LogP contribution in [-0.2, 0) is 11.3 Å². The summed E-state index contributed by atoms with van der Waals surface area (Å²) in [6.07, 6.45) is 6.89. The predicted molar refractivity (Wildman–Crippen MR) is 109 cm³/mol. The summed E-state index contributed by atoms with van der Waals surface area (Å²) in [5.41, 5.74) is 0.986. The van der Waals surface area contributed by atoms with Gasteiger partial charge in [0.15, 0.2) is 17.3 Å². The van der Waals surface area contributed by atoms with Gasteiger partial charge < -0.3 is 19.7 Å². The number of benzene rings is 1. The Morgan fingerprint density at radius 1 is 1.17 bits per heavy atom. The molecule has 2 aromatic heterocycles. The number of carbonyl (C=O) groups is 1. The van der Waals surface area contributed by atoms with E-state index in [1.807, 2.05) is 36.5 Å². The summed E-state index contributed by atoms with van der Waals surface area (Å²) in [5, 5.41) is 7.27. The number of piperidine rings is 1. The van der Waals surface area contributed by atoms with Crippen molar-refractivity contribution in [1.82, 2.24) is 25.1 Å².